The topological polar surface area (TPSA) is 70.6 Å². The van der Waals surface area contributed by atoms with Crippen LogP contribution in [0.1, 0.15) is 58.8 Å². The van der Waals surface area contributed by atoms with Crippen LogP contribution in [0.5, 0.6) is 0 Å². The van der Waals surface area contributed by atoms with E-state index in [-0.39, 0.29) is 23.5 Å². The Kier molecular flexibility index (Phi) is 6.72. The van der Waals surface area contributed by atoms with Crippen molar-refractivity contribution in [3.8, 4) is 0 Å². The van der Waals surface area contributed by atoms with Gasteiger partial charge < -0.3 is 20.5 Å². The average molecular weight is 326 g/mol. The van der Waals surface area contributed by atoms with Gasteiger partial charge in [-0.1, -0.05) is 33.1 Å². The van der Waals surface area contributed by atoms with E-state index in [0.29, 0.717) is 32.2 Å². The van der Waals surface area contributed by atoms with Gasteiger partial charge in [0, 0.05) is 31.7 Å². The molecule has 134 valence electrons. The number of carbonyl (C=O) groups excluding carboxylic acids is 1. The molecule has 5 heteroatoms. The summed E-state index contributed by atoms with van der Waals surface area (Å²) in [5, 5.41) is 15.6. The number of rotatable bonds is 6. The summed E-state index contributed by atoms with van der Waals surface area (Å²) in [4.78, 5) is 12.1. The van der Waals surface area contributed by atoms with E-state index in [1.54, 1.807) is 0 Å². The summed E-state index contributed by atoms with van der Waals surface area (Å²) in [6.07, 6.45) is 8.17. The van der Waals surface area contributed by atoms with Crippen LogP contribution in [0.4, 0.5) is 4.79 Å². The fourth-order valence-electron chi connectivity index (χ4n) is 3.86. The van der Waals surface area contributed by atoms with Crippen LogP contribution in [0.3, 0.4) is 0 Å². The number of ether oxygens (including phenoxy) is 1. The summed E-state index contributed by atoms with van der Waals surface area (Å²) >= 11 is 0. The van der Waals surface area contributed by atoms with Gasteiger partial charge in [-0.05, 0) is 37.0 Å². The molecule has 0 bridgehead atoms. The quantitative estimate of drug-likeness (QED) is 0.703. The Balaban J connectivity index is 1.73. The monoisotopic (exact) mass is 326 g/mol. The van der Waals surface area contributed by atoms with Gasteiger partial charge in [0.1, 0.15) is 0 Å². The minimum absolute atomic E-state index is 0.101. The van der Waals surface area contributed by atoms with Gasteiger partial charge in [0.15, 0.2) is 0 Å². The Morgan fingerprint density at radius 1 is 1.17 bits per heavy atom. The third-order valence-corrected chi connectivity index (χ3v) is 5.93. The SMILES string of the molecule is CC(C)(CNC(=O)NCC1(CO)CCOCC1)C1CCCCC1. The predicted molar refractivity (Wildman–Crippen MR) is 91.3 cm³/mol. The minimum atomic E-state index is -0.214. The van der Waals surface area contributed by atoms with Crippen molar-refractivity contribution in [2.24, 2.45) is 16.7 Å². The van der Waals surface area contributed by atoms with Crippen molar-refractivity contribution in [2.75, 3.05) is 32.9 Å². The first-order chi connectivity index (χ1) is 11.0. The molecule has 1 aliphatic carbocycles. The first-order valence-corrected chi connectivity index (χ1v) is 9.18. The molecule has 2 rings (SSSR count). The highest BCUT2D eigenvalue weighted by Crippen LogP contribution is 2.37. The van der Waals surface area contributed by atoms with Gasteiger partial charge >= 0.3 is 6.03 Å². The van der Waals surface area contributed by atoms with Gasteiger partial charge in [0.25, 0.3) is 0 Å². The van der Waals surface area contributed by atoms with Crippen LogP contribution in [0.15, 0.2) is 0 Å². The van der Waals surface area contributed by atoms with Gasteiger partial charge in [0.05, 0.1) is 6.61 Å². The lowest BCUT2D eigenvalue weighted by Gasteiger charge is -2.38. The molecule has 1 saturated carbocycles. The number of carbonyl (C=O) groups is 1. The highest BCUT2D eigenvalue weighted by atomic mass is 16.5. The Morgan fingerprint density at radius 3 is 2.43 bits per heavy atom. The van der Waals surface area contributed by atoms with E-state index in [0.717, 1.165) is 12.8 Å². The third kappa shape index (κ3) is 5.35. The zero-order valence-electron chi connectivity index (χ0n) is 14.8. The molecule has 0 aromatic heterocycles. The summed E-state index contributed by atoms with van der Waals surface area (Å²) in [6, 6.07) is -0.117. The van der Waals surface area contributed by atoms with Gasteiger partial charge in [-0.25, -0.2) is 4.79 Å². The lowest BCUT2D eigenvalue weighted by Crippen LogP contribution is -2.48. The Morgan fingerprint density at radius 2 is 1.83 bits per heavy atom. The molecule has 0 unspecified atom stereocenters. The minimum Gasteiger partial charge on any atom is -0.396 e. The number of urea groups is 1. The first kappa shape index (κ1) is 18.5. The van der Waals surface area contributed by atoms with Crippen molar-refractivity contribution in [1.29, 1.82) is 0 Å². The van der Waals surface area contributed by atoms with E-state index >= 15 is 0 Å². The van der Waals surface area contributed by atoms with Crippen molar-refractivity contribution in [3.63, 3.8) is 0 Å². The van der Waals surface area contributed by atoms with Gasteiger partial charge in [-0.2, -0.15) is 0 Å². The second kappa shape index (κ2) is 8.34. The van der Waals surface area contributed by atoms with Crippen LogP contribution in [0.25, 0.3) is 0 Å². The van der Waals surface area contributed by atoms with E-state index in [4.69, 9.17) is 4.74 Å². The zero-order valence-corrected chi connectivity index (χ0v) is 14.8. The fourth-order valence-corrected chi connectivity index (χ4v) is 3.86. The van der Waals surface area contributed by atoms with Crippen molar-refractivity contribution < 1.29 is 14.6 Å². The molecule has 0 radical (unpaired) electrons. The molecule has 2 fully saturated rings. The molecule has 5 nitrogen and oxygen atoms in total. The van der Waals surface area contributed by atoms with Crippen LogP contribution in [-0.2, 0) is 4.74 Å². The molecule has 0 spiro atoms. The van der Waals surface area contributed by atoms with Crippen LogP contribution < -0.4 is 10.6 Å². The number of nitrogens with one attached hydrogen (secondary N) is 2. The summed E-state index contributed by atoms with van der Waals surface area (Å²) in [5.74, 6) is 0.704. The molecular weight excluding hydrogens is 292 g/mol. The largest absolute Gasteiger partial charge is 0.396 e. The maximum Gasteiger partial charge on any atom is 0.314 e. The highest BCUT2D eigenvalue weighted by Gasteiger charge is 2.33. The van der Waals surface area contributed by atoms with Crippen LogP contribution >= 0.6 is 0 Å². The lowest BCUT2D eigenvalue weighted by molar-refractivity contribution is -0.0139. The summed E-state index contributed by atoms with van der Waals surface area (Å²) in [6.45, 7) is 7.18. The molecule has 1 aliphatic heterocycles. The normalized spacial score (nSPS) is 22.6. The first-order valence-electron chi connectivity index (χ1n) is 9.18. The van der Waals surface area contributed by atoms with E-state index in [9.17, 15) is 9.90 Å². The van der Waals surface area contributed by atoms with Crippen molar-refractivity contribution in [3.05, 3.63) is 0 Å². The summed E-state index contributed by atoms with van der Waals surface area (Å²) in [5.41, 5.74) is -0.0699. The van der Waals surface area contributed by atoms with Gasteiger partial charge in [-0.15, -0.1) is 0 Å². The molecular formula is C18H34N2O3. The summed E-state index contributed by atoms with van der Waals surface area (Å²) in [7, 11) is 0. The Hall–Kier alpha value is -0.810. The molecule has 23 heavy (non-hydrogen) atoms. The Bertz CT molecular complexity index is 372. The number of aliphatic hydroxyl groups is 1. The highest BCUT2D eigenvalue weighted by molar-refractivity contribution is 5.73. The van der Waals surface area contributed by atoms with Crippen LogP contribution in [-0.4, -0.2) is 44.0 Å². The maximum absolute atomic E-state index is 12.1. The number of aliphatic hydroxyl groups excluding tert-OH is 1. The molecule has 0 aromatic rings. The second-order valence-electron chi connectivity index (χ2n) is 8.13. The van der Waals surface area contributed by atoms with Crippen molar-refractivity contribution in [2.45, 2.75) is 58.8 Å². The van der Waals surface area contributed by atoms with E-state index in [2.05, 4.69) is 24.5 Å². The van der Waals surface area contributed by atoms with Crippen molar-refractivity contribution in [1.82, 2.24) is 10.6 Å². The maximum atomic E-state index is 12.1. The average Bonchev–Trinajstić information content (AvgIpc) is 2.60. The van der Waals surface area contributed by atoms with E-state index in [1.165, 1.54) is 32.1 Å². The molecule has 2 amide bonds. The predicted octanol–water partition coefficient (Wildman–Crippen LogP) is 2.68. The zero-order chi connectivity index (χ0) is 16.8. The second-order valence-corrected chi connectivity index (χ2v) is 8.13. The molecule has 0 atom stereocenters. The van der Waals surface area contributed by atoms with Gasteiger partial charge in [-0.3, -0.25) is 0 Å². The molecule has 1 heterocycles. The summed E-state index contributed by atoms with van der Waals surface area (Å²) < 4.78 is 5.35. The standard InChI is InChI=1S/C18H34N2O3/c1-17(2,15-6-4-3-5-7-15)12-19-16(22)20-13-18(14-21)8-10-23-11-9-18/h15,21H,3-14H2,1-2H3,(H2,19,20,22). The number of hydrogen-bond donors (Lipinski definition) is 3. The molecule has 1 saturated heterocycles. The van der Waals surface area contributed by atoms with E-state index < -0.39 is 0 Å². The van der Waals surface area contributed by atoms with Crippen LogP contribution in [0.2, 0.25) is 0 Å². The van der Waals surface area contributed by atoms with Gasteiger partial charge in [0.2, 0.25) is 0 Å². The number of hydrogen-bond acceptors (Lipinski definition) is 3. The molecule has 2 aliphatic rings. The molecule has 3 N–H and O–H groups in total. The Labute approximate surface area is 140 Å². The third-order valence-electron chi connectivity index (χ3n) is 5.93. The van der Waals surface area contributed by atoms with Crippen molar-refractivity contribution >= 4 is 6.03 Å². The lowest BCUT2D eigenvalue weighted by atomic mass is 9.71. The number of amides is 2. The van der Waals surface area contributed by atoms with Crippen LogP contribution in [0, 0.1) is 16.7 Å². The fraction of sp³-hybridized carbons (Fsp3) is 0.944. The smallest absolute Gasteiger partial charge is 0.314 e. The molecule has 0 aromatic carbocycles. The van der Waals surface area contributed by atoms with E-state index in [1.807, 2.05) is 0 Å².